The van der Waals surface area contributed by atoms with Crippen LogP contribution in [0.25, 0.3) is 0 Å². The molecule has 0 amide bonds. The van der Waals surface area contributed by atoms with Gasteiger partial charge in [-0.25, -0.2) is 9.37 Å². The molecular formula is C12H7ClFN3. The summed E-state index contributed by atoms with van der Waals surface area (Å²) in [6.07, 6.45) is 1.51. The molecule has 1 heterocycles. The fourth-order valence-corrected chi connectivity index (χ4v) is 1.49. The van der Waals surface area contributed by atoms with Crippen molar-refractivity contribution in [2.75, 3.05) is 5.32 Å². The third-order valence-corrected chi connectivity index (χ3v) is 2.40. The molecule has 0 aliphatic carbocycles. The summed E-state index contributed by atoms with van der Waals surface area (Å²) in [4.78, 5) is 3.90. The zero-order valence-corrected chi connectivity index (χ0v) is 9.37. The van der Waals surface area contributed by atoms with E-state index in [4.69, 9.17) is 16.9 Å². The van der Waals surface area contributed by atoms with Crippen molar-refractivity contribution in [1.29, 1.82) is 5.26 Å². The minimum atomic E-state index is -0.390. The van der Waals surface area contributed by atoms with Gasteiger partial charge in [0.05, 0.1) is 22.6 Å². The molecule has 2 rings (SSSR count). The standard InChI is InChI=1S/C12H7ClFN3/c13-11-5-8(14)1-4-12(11)17-10-3-2-9(6-15)16-7-10/h1-5,7,17H. The Bertz CT molecular complexity index is 575. The number of anilines is 2. The topological polar surface area (TPSA) is 48.7 Å². The Morgan fingerprint density at radius 1 is 1.29 bits per heavy atom. The highest BCUT2D eigenvalue weighted by atomic mass is 35.5. The lowest BCUT2D eigenvalue weighted by Gasteiger charge is -2.07. The summed E-state index contributed by atoms with van der Waals surface area (Å²) in [5, 5.41) is 11.9. The second-order valence-electron chi connectivity index (χ2n) is 3.29. The number of pyridine rings is 1. The fraction of sp³-hybridized carbons (Fsp3) is 0. The molecule has 0 unspecified atom stereocenters. The van der Waals surface area contributed by atoms with Gasteiger partial charge in [-0.15, -0.1) is 0 Å². The van der Waals surface area contributed by atoms with Crippen LogP contribution in [0.3, 0.4) is 0 Å². The first-order chi connectivity index (χ1) is 8.19. The smallest absolute Gasteiger partial charge is 0.140 e. The average Bonchev–Trinajstić information content (AvgIpc) is 2.34. The maximum atomic E-state index is 12.8. The van der Waals surface area contributed by atoms with Crippen LogP contribution in [0, 0.1) is 17.1 Å². The van der Waals surface area contributed by atoms with Gasteiger partial charge in [-0.2, -0.15) is 5.26 Å². The molecule has 1 aromatic heterocycles. The van der Waals surface area contributed by atoms with Crippen molar-refractivity contribution in [3.05, 3.63) is 53.1 Å². The summed E-state index contributed by atoms with van der Waals surface area (Å²) >= 11 is 5.86. The van der Waals surface area contributed by atoms with Crippen molar-refractivity contribution < 1.29 is 4.39 Å². The number of nitrogens with zero attached hydrogens (tertiary/aromatic N) is 2. The third-order valence-electron chi connectivity index (χ3n) is 2.09. The van der Waals surface area contributed by atoms with Crippen LogP contribution >= 0.6 is 11.6 Å². The van der Waals surface area contributed by atoms with Crippen LogP contribution in [0.4, 0.5) is 15.8 Å². The molecule has 0 radical (unpaired) electrons. The fourth-order valence-electron chi connectivity index (χ4n) is 1.28. The molecule has 5 heteroatoms. The zero-order valence-electron chi connectivity index (χ0n) is 8.61. The number of benzene rings is 1. The van der Waals surface area contributed by atoms with Gasteiger partial charge in [-0.05, 0) is 30.3 Å². The molecule has 0 saturated carbocycles. The Kier molecular flexibility index (Phi) is 3.22. The summed E-state index contributed by atoms with van der Waals surface area (Å²) in [5.41, 5.74) is 1.60. The highest BCUT2D eigenvalue weighted by molar-refractivity contribution is 6.33. The van der Waals surface area contributed by atoms with Crippen LogP contribution in [0.15, 0.2) is 36.5 Å². The number of hydrogen-bond acceptors (Lipinski definition) is 3. The summed E-state index contributed by atoms with van der Waals surface area (Å²) in [5.74, 6) is -0.390. The van der Waals surface area contributed by atoms with Crippen LogP contribution in [-0.2, 0) is 0 Å². The van der Waals surface area contributed by atoms with Crippen molar-refractivity contribution in [3.8, 4) is 6.07 Å². The van der Waals surface area contributed by atoms with E-state index in [2.05, 4.69) is 10.3 Å². The van der Waals surface area contributed by atoms with E-state index in [1.165, 1.54) is 24.4 Å². The van der Waals surface area contributed by atoms with Crippen molar-refractivity contribution in [2.24, 2.45) is 0 Å². The molecule has 0 saturated heterocycles. The lowest BCUT2D eigenvalue weighted by molar-refractivity contribution is 0.628. The van der Waals surface area contributed by atoms with Crippen LogP contribution in [0.1, 0.15) is 5.69 Å². The van der Waals surface area contributed by atoms with Gasteiger partial charge in [0, 0.05) is 0 Å². The van der Waals surface area contributed by atoms with Gasteiger partial charge in [0.1, 0.15) is 17.6 Å². The summed E-state index contributed by atoms with van der Waals surface area (Å²) in [6.45, 7) is 0. The second-order valence-corrected chi connectivity index (χ2v) is 3.70. The summed E-state index contributed by atoms with van der Waals surface area (Å²) in [7, 11) is 0. The highest BCUT2D eigenvalue weighted by Crippen LogP contribution is 2.25. The van der Waals surface area contributed by atoms with E-state index in [9.17, 15) is 4.39 Å². The van der Waals surface area contributed by atoms with Gasteiger partial charge in [0.2, 0.25) is 0 Å². The molecule has 0 fully saturated rings. The third kappa shape index (κ3) is 2.71. The average molecular weight is 248 g/mol. The first-order valence-corrected chi connectivity index (χ1v) is 5.15. The predicted octanol–water partition coefficient (Wildman–Crippen LogP) is 3.49. The number of rotatable bonds is 2. The van der Waals surface area contributed by atoms with Gasteiger partial charge in [-0.1, -0.05) is 11.6 Å². The maximum Gasteiger partial charge on any atom is 0.140 e. The molecule has 1 aromatic carbocycles. The molecule has 0 spiro atoms. The molecule has 0 aliphatic heterocycles. The van der Waals surface area contributed by atoms with Crippen LogP contribution in [0.2, 0.25) is 5.02 Å². The first-order valence-electron chi connectivity index (χ1n) is 4.77. The zero-order chi connectivity index (χ0) is 12.3. The lowest BCUT2D eigenvalue weighted by Crippen LogP contribution is -1.93. The number of hydrogen-bond donors (Lipinski definition) is 1. The van der Waals surface area contributed by atoms with E-state index in [1.807, 2.05) is 6.07 Å². The Morgan fingerprint density at radius 3 is 2.71 bits per heavy atom. The number of aromatic nitrogens is 1. The molecular weight excluding hydrogens is 241 g/mol. The Balaban J connectivity index is 2.23. The summed E-state index contributed by atoms with van der Waals surface area (Å²) < 4.78 is 12.8. The monoisotopic (exact) mass is 247 g/mol. The molecule has 84 valence electrons. The molecule has 0 bridgehead atoms. The van der Waals surface area contributed by atoms with Crippen molar-refractivity contribution >= 4 is 23.0 Å². The minimum Gasteiger partial charge on any atom is -0.353 e. The van der Waals surface area contributed by atoms with Crippen LogP contribution in [-0.4, -0.2) is 4.98 Å². The molecule has 2 aromatic rings. The maximum absolute atomic E-state index is 12.8. The van der Waals surface area contributed by atoms with E-state index in [0.717, 1.165) is 0 Å². The molecule has 0 aliphatic rings. The van der Waals surface area contributed by atoms with E-state index in [-0.39, 0.29) is 5.02 Å². The second kappa shape index (κ2) is 4.81. The molecule has 0 atom stereocenters. The van der Waals surface area contributed by atoms with Crippen LogP contribution in [0.5, 0.6) is 0 Å². The normalized spacial score (nSPS) is 9.71. The van der Waals surface area contributed by atoms with Gasteiger partial charge >= 0.3 is 0 Å². The largest absolute Gasteiger partial charge is 0.353 e. The van der Waals surface area contributed by atoms with Gasteiger partial charge in [0.25, 0.3) is 0 Å². The molecule has 17 heavy (non-hydrogen) atoms. The molecule has 1 N–H and O–H groups in total. The van der Waals surface area contributed by atoms with E-state index >= 15 is 0 Å². The summed E-state index contributed by atoms with van der Waals surface area (Å²) in [6, 6.07) is 9.28. The highest BCUT2D eigenvalue weighted by Gasteiger charge is 2.02. The number of nitrogens with one attached hydrogen (secondary N) is 1. The Morgan fingerprint density at radius 2 is 2.12 bits per heavy atom. The molecule has 3 nitrogen and oxygen atoms in total. The van der Waals surface area contributed by atoms with E-state index < -0.39 is 5.82 Å². The number of nitriles is 1. The Labute approximate surface area is 102 Å². The quantitative estimate of drug-likeness (QED) is 0.884. The Hall–Kier alpha value is -2.12. The van der Waals surface area contributed by atoms with Gasteiger partial charge in [0.15, 0.2) is 0 Å². The van der Waals surface area contributed by atoms with E-state index in [0.29, 0.717) is 17.1 Å². The van der Waals surface area contributed by atoms with Gasteiger partial charge in [-0.3, -0.25) is 0 Å². The van der Waals surface area contributed by atoms with Gasteiger partial charge < -0.3 is 5.32 Å². The number of halogens is 2. The van der Waals surface area contributed by atoms with E-state index in [1.54, 1.807) is 12.1 Å². The SMILES string of the molecule is N#Cc1ccc(Nc2ccc(F)cc2Cl)cn1. The van der Waals surface area contributed by atoms with Crippen molar-refractivity contribution in [3.63, 3.8) is 0 Å². The predicted molar refractivity (Wildman–Crippen MR) is 63.6 cm³/mol. The lowest BCUT2D eigenvalue weighted by atomic mass is 10.3. The van der Waals surface area contributed by atoms with Crippen molar-refractivity contribution in [1.82, 2.24) is 4.98 Å². The van der Waals surface area contributed by atoms with Crippen molar-refractivity contribution in [2.45, 2.75) is 0 Å². The first kappa shape index (κ1) is 11.4. The van der Waals surface area contributed by atoms with Crippen LogP contribution < -0.4 is 5.32 Å². The minimum absolute atomic E-state index is 0.286.